The molecule has 2 aromatic heterocycles. The zero-order chi connectivity index (χ0) is 13.4. The van der Waals surface area contributed by atoms with Gasteiger partial charge in [-0.1, -0.05) is 25.1 Å². The molecule has 0 spiro atoms. The van der Waals surface area contributed by atoms with Crippen LogP contribution in [-0.4, -0.2) is 5.11 Å². The third-order valence-electron chi connectivity index (χ3n) is 3.33. The first-order valence-corrected chi connectivity index (χ1v) is 7.26. The van der Waals surface area contributed by atoms with Crippen LogP contribution in [0.4, 0.5) is 0 Å². The molecule has 0 aliphatic heterocycles. The Morgan fingerprint density at radius 3 is 2.79 bits per heavy atom. The van der Waals surface area contributed by atoms with Crippen LogP contribution in [0.15, 0.2) is 40.8 Å². The standard InChI is InChI=1S/C16H16O2S/c1-3-12-7-8-14(19-12)15(17)13-9-11-6-4-5-10(2)16(11)18-13/h4-9,15,17H,3H2,1-2H3. The van der Waals surface area contributed by atoms with Crippen molar-refractivity contribution in [3.8, 4) is 0 Å². The van der Waals surface area contributed by atoms with E-state index < -0.39 is 6.10 Å². The van der Waals surface area contributed by atoms with Crippen molar-refractivity contribution in [3.05, 3.63) is 57.5 Å². The highest BCUT2D eigenvalue weighted by Gasteiger charge is 2.17. The van der Waals surface area contributed by atoms with E-state index in [1.807, 2.05) is 37.3 Å². The summed E-state index contributed by atoms with van der Waals surface area (Å²) in [6.45, 7) is 4.13. The molecule has 0 saturated heterocycles. The molecule has 2 nitrogen and oxygen atoms in total. The average molecular weight is 272 g/mol. The lowest BCUT2D eigenvalue weighted by molar-refractivity contribution is 0.196. The van der Waals surface area contributed by atoms with E-state index in [9.17, 15) is 5.11 Å². The normalized spacial score (nSPS) is 13.0. The Hall–Kier alpha value is -1.58. The molecule has 0 radical (unpaired) electrons. The summed E-state index contributed by atoms with van der Waals surface area (Å²) in [5, 5.41) is 11.5. The highest BCUT2D eigenvalue weighted by atomic mass is 32.1. The first-order chi connectivity index (χ1) is 9.19. The number of hydrogen-bond acceptors (Lipinski definition) is 3. The van der Waals surface area contributed by atoms with E-state index in [0.717, 1.165) is 27.8 Å². The maximum Gasteiger partial charge on any atom is 0.146 e. The predicted octanol–water partition coefficient (Wildman–Crippen LogP) is 4.45. The molecule has 1 unspecified atom stereocenters. The summed E-state index contributed by atoms with van der Waals surface area (Å²) >= 11 is 1.64. The molecule has 0 amide bonds. The van der Waals surface area contributed by atoms with Crippen LogP contribution in [0.5, 0.6) is 0 Å². The molecule has 0 aliphatic rings. The molecule has 0 bridgehead atoms. The van der Waals surface area contributed by atoms with Crippen LogP contribution in [0.1, 0.15) is 34.1 Å². The van der Waals surface area contributed by atoms with Crippen LogP contribution in [0.3, 0.4) is 0 Å². The first kappa shape index (κ1) is 12.5. The summed E-state index contributed by atoms with van der Waals surface area (Å²) < 4.78 is 5.81. The fourth-order valence-electron chi connectivity index (χ4n) is 2.24. The van der Waals surface area contributed by atoms with E-state index in [4.69, 9.17) is 4.42 Å². The van der Waals surface area contributed by atoms with E-state index in [1.165, 1.54) is 4.88 Å². The van der Waals surface area contributed by atoms with Gasteiger partial charge >= 0.3 is 0 Å². The Balaban J connectivity index is 2.01. The molecule has 0 aliphatic carbocycles. The predicted molar refractivity (Wildman–Crippen MR) is 78.7 cm³/mol. The maximum absolute atomic E-state index is 10.4. The Morgan fingerprint density at radius 1 is 1.26 bits per heavy atom. The lowest BCUT2D eigenvalue weighted by Gasteiger charge is -2.03. The minimum Gasteiger partial charge on any atom is -0.458 e. The number of aliphatic hydroxyl groups excluding tert-OH is 1. The summed E-state index contributed by atoms with van der Waals surface area (Å²) in [5.41, 5.74) is 1.96. The van der Waals surface area contributed by atoms with Gasteiger partial charge in [0.25, 0.3) is 0 Å². The number of para-hydroxylation sites is 1. The van der Waals surface area contributed by atoms with Gasteiger partial charge in [0, 0.05) is 15.1 Å². The number of aryl methyl sites for hydroxylation is 2. The smallest absolute Gasteiger partial charge is 0.146 e. The van der Waals surface area contributed by atoms with Gasteiger partial charge in [0.2, 0.25) is 0 Å². The zero-order valence-electron chi connectivity index (χ0n) is 11.0. The summed E-state index contributed by atoms with van der Waals surface area (Å²) in [5.74, 6) is 0.619. The van der Waals surface area contributed by atoms with Crippen molar-refractivity contribution in [3.63, 3.8) is 0 Å². The van der Waals surface area contributed by atoms with Crippen molar-refractivity contribution >= 4 is 22.3 Å². The second-order valence-corrected chi connectivity index (χ2v) is 5.90. The van der Waals surface area contributed by atoms with Crippen molar-refractivity contribution < 1.29 is 9.52 Å². The summed E-state index contributed by atoms with van der Waals surface area (Å²) in [4.78, 5) is 2.22. The lowest BCUT2D eigenvalue weighted by Crippen LogP contribution is -1.93. The monoisotopic (exact) mass is 272 g/mol. The van der Waals surface area contributed by atoms with Crippen LogP contribution in [-0.2, 0) is 6.42 Å². The van der Waals surface area contributed by atoms with Crippen molar-refractivity contribution in [2.45, 2.75) is 26.4 Å². The topological polar surface area (TPSA) is 33.4 Å². The molecule has 3 aromatic rings. The second kappa shape index (κ2) is 4.83. The molecule has 3 rings (SSSR count). The van der Waals surface area contributed by atoms with Gasteiger partial charge in [-0.25, -0.2) is 0 Å². The van der Waals surface area contributed by atoms with Gasteiger partial charge in [-0.2, -0.15) is 0 Å². The summed E-state index contributed by atoms with van der Waals surface area (Å²) in [6.07, 6.45) is 0.327. The minimum atomic E-state index is -0.669. The van der Waals surface area contributed by atoms with Crippen LogP contribution in [0.25, 0.3) is 11.0 Å². The molecule has 19 heavy (non-hydrogen) atoms. The number of benzene rings is 1. The number of hydrogen-bond donors (Lipinski definition) is 1. The SMILES string of the molecule is CCc1ccc(C(O)c2cc3cccc(C)c3o2)s1. The molecule has 1 N–H and O–H groups in total. The van der Waals surface area contributed by atoms with Crippen LogP contribution < -0.4 is 0 Å². The van der Waals surface area contributed by atoms with Crippen molar-refractivity contribution in [1.29, 1.82) is 0 Å². The lowest BCUT2D eigenvalue weighted by atomic mass is 10.1. The van der Waals surface area contributed by atoms with Crippen molar-refractivity contribution in [1.82, 2.24) is 0 Å². The molecule has 2 heterocycles. The molecule has 3 heteroatoms. The molecular weight excluding hydrogens is 256 g/mol. The van der Waals surface area contributed by atoms with Gasteiger partial charge in [0.15, 0.2) is 0 Å². The Labute approximate surface area is 116 Å². The summed E-state index contributed by atoms with van der Waals surface area (Å²) in [6, 6.07) is 12.0. The van der Waals surface area contributed by atoms with Gasteiger partial charge in [0.05, 0.1) is 0 Å². The minimum absolute atomic E-state index is 0.619. The van der Waals surface area contributed by atoms with Crippen molar-refractivity contribution in [2.24, 2.45) is 0 Å². The highest BCUT2D eigenvalue weighted by molar-refractivity contribution is 7.12. The number of aliphatic hydroxyl groups is 1. The number of thiophene rings is 1. The molecule has 98 valence electrons. The first-order valence-electron chi connectivity index (χ1n) is 6.44. The fraction of sp³-hybridized carbons (Fsp3) is 0.250. The van der Waals surface area contributed by atoms with Gasteiger partial charge in [-0.05, 0) is 37.1 Å². The number of fused-ring (bicyclic) bond motifs is 1. The van der Waals surface area contributed by atoms with Crippen molar-refractivity contribution in [2.75, 3.05) is 0 Å². The molecular formula is C16H16O2S. The maximum atomic E-state index is 10.4. The third kappa shape index (κ3) is 2.20. The van der Waals surface area contributed by atoms with Crippen LogP contribution >= 0.6 is 11.3 Å². The molecule has 1 aromatic carbocycles. The zero-order valence-corrected chi connectivity index (χ0v) is 11.8. The number of furan rings is 1. The second-order valence-electron chi connectivity index (χ2n) is 4.70. The Kier molecular flexibility index (Phi) is 3.17. The Morgan fingerprint density at radius 2 is 2.11 bits per heavy atom. The molecule has 1 atom stereocenters. The summed E-state index contributed by atoms with van der Waals surface area (Å²) in [7, 11) is 0. The molecule has 0 fully saturated rings. The highest BCUT2D eigenvalue weighted by Crippen LogP contribution is 2.33. The number of rotatable bonds is 3. The van der Waals surface area contributed by atoms with E-state index in [2.05, 4.69) is 13.0 Å². The average Bonchev–Trinajstić information content (AvgIpc) is 3.05. The van der Waals surface area contributed by atoms with E-state index in [0.29, 0.717) is 5.76 Å². The Bertz CT molecular complexity index is 708. The molecule has 0 saturated carbocycles. The fourth-order valence-corrected chi connectivity index (χ4v) is 3.18. The van der Waals surface area contributed by atoms with Gasteiger partial charge in [-0.3, -0.25) is 0 Å². The third-order valence-corrected chi connectivity index (χ3v) is 4.61. The quantitative estimate of drug-likeness (QED) is 0.764. The largest absolute Gasteiger partial charge is 0.458 e. The van der Waals surface area contributed by atoms with Gasteiger partial charge in [0.1, 0.15) is 17.4 Å². The van der Waals surface area contributed by atoms with Crippen LogP contribution in [0.2, 0.25) is 0 Å². The van der Waals surface area contributed by atoms with Gasteiger partial charge < -0.3 is 9.52 Å². The van der Waals surface area contributed by atoms with Crippen LogP contribution in [0, 0.1) is 6.92 Å². The van der Waals surface area contributed by atoms with E-state index in [1.54, 1.807) is 11.3 Å². The van der Waals surface area contributed by atoms with Gasteiger partial charge in [-0.15, -0.1) is 11.3 Å². The van der Waals surface area contributed by atoms with E-state index >= 15 is 0 Å². The van der Waals surface area contributed by atoms with E-state index in [-0.39, 0.29) is 0 Å².